The topological polar surface area (TPSA) is 107 Å². The number of piperazine rings is 1. The molecule has 0 saturated carbocycles. The van der Waals surface area contributed by atoms with Crippen molar-refractivity contribution in [3.63, 3.8) is 0 Å². The number of methoxy groups -OCH3 is 1. The zero-order valence-electron chi connectivity index (χ0n) is 22.3. The number of aromatic nitrogens is 1. The van der Waals surface area contributed by atoms with Gasteiger partial charge < -0.3 is 19.9 Å². The molecule has 0 unspecified atom stereocenters. The predicted molar refractivity (Wildman–Crippen MR) is 150 cm³/mol. The molecule has 3 aliphatic rings. The van der Waals surface area contributed by atoms with Gasteiger partial charge in [0.2, 0.25) is 5.54 Å². The minimum atomic E-state index is -1.68. The van der Waals surface area contributed by atoms with Gasteiger partial charge in [-0.2, -0.15) is 0 Å². The number of halogens is 1. The van der Waals surface area contributed by atoms with Crippen LogP contribution in [0.5, 0.6) is 5.75 Å². The van der Waals surface area contributed by atoms with Crippen LogP contribution >= 0.6 is 11.3 Å². The van der Waals surface area contributed by atoms with Gasteiger partial charge in [-0.1, -0.05) is 30.0 Å². The van der Waals surface area contributed by atoms with E-state index in [0.717, 1.165) is 43.4 Å². The zero-order valence-corrected chi connectivity index (χ0v) is 23.1. The number of hydrogen-bond donors (Lipinski definition) is 2. The van der Waals surface area contributed by atoms with E-state index in [1.54, 1.807) is 17.4 Å². The summed E-state index contributed by atoms with van der Waals surface area (Å²) in [6.45, 7) is 4.38. The molecule has 6 rings (SSSR count). The second-order valence-corrected chi connectivity index (χ2v) is 11.0. The number of nitrogens with one attached hydrogen (secondary N) is 2. The van der Waals surface area contributed by atoms with Gasteiger partial charge in [-0.25, -0.2) is 14.2 Å². The van der Waals surface area contributed by atoms with E-state index in [2.05, 4.69) is 37.3 Å². The number of carbonyl (C=O) groups is 3. The van der Waals surface area contributed by atoms with Gasteiger partial charge in [-0.3, -0.25) is 19.8 Å². The standard InChI is InChI=1S/C29H27FN6O4S/c1-40-22-7-6-21-17-36(25(37)23(21)24(22)30)18-29(26(38)32-27(39)33-29)9-8-19-2-4-20(5-3-19)16-34-11-13-35(14-12-34)28-31-10-15-41-28/h2-7,10,15H,11-14,16-18H2,1H3,(H2,32,33,38,39)/t29-/m1/s1. The SMILES string of the molecule is COc1ccc2c(c1F)C(=O)N(C[C@@]1(C#Cc3ccc(CN4CCN(c5nccs5)CC4)cc3)NC(=O)NC1=O)C2. The molecule has 0 aliphatic carbocycles. The fourth-order valence-corrected chi connectivity index (χ4v) is 5.99. The molecule has 0 radical (unpaired) electrons. The van der Waals surface area contributed by atoms with Crippen LogP contribution in [0.3, 0.4) is 0 Å². The van der Waals surface area contributed by atoms with Gasteiger partial charge in [0.05, 0.1) is 19.2 Å². The van der Waals surface area contributed by atoms with Crippen LogP contribution in [-0.2, 0) is 17.9 Å². The lowest BCUT2D eigenvalue weighted by atomic mass is 9.99. The monoisotopic (exact) mass is 574 g/mol. The molecular weight excluding hydrogens is 547 g/mol. The van der Waals surface area contributed by atoms with E-state index in [0.29, 0.717) is 11.1 Å². The summed E-state index contributed by atoms with van der Waals surface area (Å²) in [5.74, 6) is 3.83. The number of rotatable bonds is 6. The third-order valence-corrected chi connectivity index (χ3v) is 8.32. The molecule has 10 nitrogen and oxygen atoms in total. The van der Waals surface area contributed by atoms with Crippen molar-refractivity contribution in [2.75, 3.05) is 44.7 Å². The number of anilines is 1. The Morgan fingerprint density at radius 3 is 2.54 bits per heavy atom. The molecule has 2 N–H and O–H groups in total. The molecule has 3 aromatic rings. The summed E-state index contributed by atoms with van der Waals surface area (Å²) in [6, 6.07) is 10.1. The van der Waals surface area contributed by atoms with E-state index in [9.17, 15) is 18.8 Å². The molecule has 1 atom stereocenters. The molecule has 4 heterocycles. The first-order valence-corrected chi connectivity index (χ1v) is 14.0. The maximum Gasteiger partial charge on any atom is 0.323 e. The maximum atomic E-state index is 14.8. The summed E-state index contributed by atoms with van der Waals surface area (Å²) in [5, 5.41) is 7.84. The summed E-state index contributed by atoms with van der Waals surface area (Å²) < 4.78 is 19.8. The highest BCUT2D eigenvalue weighted by atomic mass is 32.1. The highest BCUT2D eigenvalue weighted by molar-refractivity contribution is 7.13. The molecule has 210 valence electrons. The van der Waals surface area contributed by atoms with Crippen molar-refractivity contribution in [2.45, 2.75) is 18.6 Å². The van der Waals surface area contributed by atoms with E-state index in [4.69, 9.17) is 4.74 Å². The number of hydrogen-bond acceptors (Lipinski definition) is 8. The smallest absolute Gasteiger partial charge is 0.323 e. The van der Waals surface area contributed by atoms with Crippen LogP contribution in [0.25, 0.3) is 0 Å². The van der Waals surface area contributed by atoms with Gasteiger partial charge in [0, 0.05) is 56.4 Å². The molecule has 0 spiro atoms. The van der Waals surface area contributed by atoms with Gasteiger partial charge in [-0.05, 0) is 29.3 Å². The van der Waals surface area contributed by atoms with E-state index >= 15 is 0 Å². The summed E-state index contributed by atoms with van der Waals surface area (Å²) in [7, 11) is 1.32. The molecule has 3 aliphatic heterocycles. The highest BCUT2D eigenvalue weighted by Crippen LogP contribution is 2.32. The fraction of sp³-hybridized carbons (Fsp3) is 0.310. The van der Waals surface area contributed by atoms with Crippen molar-refractivity contribution in [3.05, 3.63) is 76.0 Å². The molecule has 41 heavy (non-hydrogen) atoms. The molecule has 2 saturated heterocycles. The third-order valence-electron chi connectivity index (χ3n) is 7.49. The Bertz CT molecular complexity index is 1560. The Labute approximate surface area is 240 Å². The fourth-order valence-electron chi connectivity index (χ4n) is 5.30. The van der Waals surface area contributed by atoms with E-state index in [1.807, 2.05) is 35.8 Å². The Kier molecular flexibility index (Phi) is 7.07. The minimum absolute atomic E-state index is 0.0400. The third kappa shape index (κ3) is 5.21. The van der Waals surface area contributed by atoms with Crippen LogP contribution in [0.2, 0.25) is 0 Å². The van der Waals surface area contributed by atoms with Crippen LogP contribution in [0.15, 0.2) is 48.0 Å². The van der Waals surface area contributed by atoms with Crippen molar-refractivity contribution < 1.29 is 23.5 Å². The Morgan fingerprint density at radius 2 is 1.88 bits per heavy atom. The van der Waals surface area contributed by atoms with Gasteiger partial charge in [0.25, 0.3) is 11.8 Å². The lowest BCUT2D eigenvalue weighted by molar-refractivity contribution is -0.122. The highest BCUT2D eigenvalue weighted by Gasteiger charge is 2.48. The Hall–Kier alpha value is -4.47. The van der Waals surface area contributed by atoms with E-state index < -0.39 is 29.2 Å². The number of benzene rings is 2. The first kappa shape index (κ1) is 26.7. The van der Waals surface area contributed by atoms with E-state index in [1.165, 1.54) is 18.1 Å². The second-order valence-electron chi connectivity index (χ2n) is 10.1. The first-order chi connectivity index (χ1) is 19.8. The van der Waals surface area contributed by atoms with Crippen molar-refractivity contribution in [1.29, 1.82) is 0 Å². The van der Waals surface area contributed by atoms with Gasteiger partial charge >= 0.3 is 6.03 Å². The van der Waals surface area contributed by atoms with E-state index in [-0.39, 0.29) is 24.4 Å². The largest absolute Gasteiger partial charge is 0.494 e. The molecular formula is C29H27FN6O4S. The van der Waals surface area contributed by atoms with Gasteiger partial charge in [0.15, 0.2) is 16.7 Å². The summed E-state index contributed by atoms with van der Waals surface area (Å²) >= 11 is 1.65. The van der Waals surface area contributed by atoms with Gasteiger partial charge in [0.1, 0.15) is 0 Å². The summed E-state index contributed by atoms with van der Waals surface area (Å²) in [4.78, 5) is 48.5. The quantitative estimate of drug-likeness (QED) is 0.344. The Balaban J connectivity index is 1.14. The number of imide groups is 1. The summed E-state index contributed by atoms with van der Waals surface area (Å²) in [5.41, 5.74) is 0.490. The van der Waals surface area contributed by atoms with Gasteiger partial charge in [-0.15, -0.1) is 11.3 Å². The van der Waals surface area contributed by atoms with Crippen LogP contribution < -0.4 is 20.3 Å². The normalized spacial score (nSPS) is 20.4. The molecule has 1 aromatic heterocycles. The molecule has 2 aromatic carbocycles. The zero-order chi connectivity index (χ0) is 28.6. The van der Waals surface area contributed by atoms with Crippen molar-refractivity contribution in [3.8, 4) is 17.6 Å². The first-order valence-electron chi connectivity index (χ1n) is 13.1. The van der Waals surface area contributed by atoms with Crippen LogP contribution in [0.4, 0.5) is 14.3 Å². The molecule has 2 fully saturated rings. The van der Waals surface area contributed by atoms with Crippen LogP contribution in [0, 0.1) is 17.7 Å². The number of urea groups is 1. The lowest BCUT2D eigenvalue weighted by Gasteiger charge is -2.34. The van der Waals surface area contributed by atoms with Crippen molar-refractivity contribution >= 4 is 34.3 Å². The average molecular weight is 575 g/mol. The number of amides is 4. The second kappa shape index (κ2) is 10.8. The number of ether oxygens (including phenoxy) is 1. The predicted octanol–water partition coefficient (Wildman–Crippen LogP) is 2.20. The molecule has 12 heteroatoms. The number of fused-ring (bicyclic) bond motifs is 1. The number of nitrogens with zero attached hydrogens (tertiary/aromatic N) is 4. The van der Waals surface area contributed by atoms with Crippen molar-refractivity contribution in [1.82, 2.24) is 25.4 Å². The average Bonchev–Trinajstić information content (AvgIpc) is 3.68. The van der Waals surface area contributed by atoms with Crippen LogP contribution in [-0.4, -0.2) is 78.0 Å². The maximum absolute atomic E-state index is 14.8. The Morgan fingerprint density at radius 1 is 1.10 bits per heavy atom. The van der Waals surface area contributed by atoms with Crippen molar-refractivity contribution in [2.24, 2.45) is 0 Å². The molecule has 0 bridgehead atoms. The summed E-state index contributed by atoms with van der Waals surface area (Å²) in [6.07, 6.45) is 1.83. The van der Waals surface area contributed by atoms with Crippen LogP contribution in [0.1, 0.15) is 27.0 Å². The number of carbonyl (C=O) groups excluding carboxylic acids is 3. The number of thiazole rings is 1. The minimum Gasteiger partial charge on any atom is -0.494 e. The lowest BCUT2D eigenvalue weighted by Crippen LogP contribution is -2.54. The molecule has 4 amide bonds.